The lowest BCUT2D eigenvalue weighted by atomic mass is 10.1. The van der Waals surface area contributed by atoms with Gasteiger partial charge < -0.3 is 21.1 Å². The molecule has 1 saturated heterocycles. The molecule has 4 N–H and O–H groups in total. The molecule has 0 radical (unpaired) electrons. The number of aryl methyl sites for hydroxylation is 1. The third kappa shape index (κ3) is 5.53. The van der Waals surface area contributed by atoms with Gasteiger partial charge in [0.1, 0.15) is 0 Å². The van der Waals surface area contributed by atoms with Crippen LogP contribution >= 0.6 is 12.4 Å². The van der Waals surface area contributed by atoms with E-state index in [4.69, 9.17) is 0 Å². The molecule has 6 nitrogen and oxygen atoms in total. The molecule has 27 heavy (non-hydrogen) atoms. The highest BCUT2D eigenvalue weighted by Crippen LogP contribution is 2.17. The van der Waals surface area contributed by atoms with Crippen LogP contribution in [-0.4, -0.2) is 35.6 Å². The van der Waals surface area contributed by atoms with Crippen LogP contribution in [0.25, 0.3) is 0 Å². The molecule has 3 rings (SSSR count). The van der Waals surface area contributed by atoms with Gasteiger partial charge in [0.05, 0.1) is 23.4 Å². The van der Waals surface area contributed by atoms with E-state index in [9.17, 15) is 14.7 Å². The molecular formula is C20H24ClN3O3. The normalized spacial score (nSPS) is 18.4. The van der Waals surface area contributed by atoms with Crippen LogP contribution in [0.4, 0.5) is 5.69 Å². The summed E-state index contributed by atoms with van der Waals surface area (Å²) in [6.07, 6.45) is -0.147. The van der Waals surface area contributed by atoms with E-state index in [2.05, 4.69) is 16.0 Å². The zero-order valence-electron chi connectivity index (χ0n) is 15.1. The molecule has 0 unspecified atom stereocenters. The van der Waals surface area contributed by atoms with E-state index in [1.165, 1.54) is 0 Å². The Morgan fingerprint density at radius 3 is 2.67 bits per heavy atom. The Hall–Kier alpha value is -2.41. The highest BCUT2D eigenvalue weighted by molar-refractivity contribution is 6.04. The van der Waals surface area contributed by atoms with Crippen LogP contribution in [-0.2, 0) is 11.3 Å². The largest absolute Gasteiger partial charge is 0.392 e. The summed E-state index contributed by atoms with van der Waals surface area (Å²) in [5, 5.41) is 18.2. The minimum atomic E-state index is -0.515. The lowest BCUT2D eigenvalue weighted by Gasteiger charge is -2.14. The molecular weight excluding hydrogens is 366 g/mol. The molecule has 0 saturated carbocycles. The summed E-state index contributed by atoms with van der Waals surface area (Å²) in [4.78, 5) is 24.9. The fourth-order valence-electron chi connectivity index (χ4n) is 3.03. The highest BCUT2D eigenvalue weighted by Gasteiger charge is 2.28. The molecule has 1 fully saturated rings. The molecule has 1 heterocycles. The average Bonchev–Trinajstić information content (AvgIpc) is 3.07. The van der Waals surface area contributed by atoms with Gasteiger partial charge in [0.15, 0.2) is 0 Å². The molecule has 0 bridgehead atoms. The van der Waals surface area contributed by atoms with Gasteiger partial charge in [0.2, 0.25) is 5.91 Å². The Balaban J connectivity index is 0.00000261. The van der Waals surface area contributed by atoms with E-state index in [0.29, 0.717) is 30.8 Å². The Labute approximate surface area is 164 Å². The van der Waals surface area contributed by atoms with E-state index in [0.717, 1.165) is 11.1 Å². The number of rotatable bonds is 5. The smallest absolute Gasteiger partial charge is 0.253 e. The van der Waals surface area contributed by atoms with Crippen molar-refractivity contribution in [3.05, 3.63) is 65.2 Å². The van der Waals surface area contributed by atoms with Crippen LogP contribution in [0.1, 0.15) is 27.9 Å². The van der Waals surface area contributed by atoms with Crippen LogP contribution in [0.5, 0.6) is 0 Å². The minimum absolute atomic E-state index is 0. The number of carbonyl (C=O) groups is 2. The van der Waals surface area contributed by atoms with Gasteiger partial charge in [-0.15, -0.1) is 12.4 Å². The van der Waals surface area contributed by atoms with Gasteiger partial charge in [-0.05, 0) is 31.0 Å². The number of hydrogen-bond acceptors (Lipinski definition) is 4. The third-order valence-corrected chi connectivity index (χ3v) is 4.39. The van der Waals surface area contributed by atoms with Crippen LogP contribution < -0.4 is 16.0 Å². The van der Waals surface area contributed by atoms with Crippen LogP contribution in [0.15, 0.2) is 48.5 Å². The Kier molecular flexibility index (Phi) is 7.36. The Morgan fingerprint density at radius 1 is 1.19 bits per heavy atom. The zero-order valence-corrected chi connectivity index (χ0v) is 15.9. The number of amides is 2. The maximum Gasteiger partial charge on any atom is 0.253 e. The van der Waals surface area contributed by atoms with Gasteiger partial charge in [-0.2, -0.15) is 0 Å². The number of aliphatic hydroxyl groups is 1. The second kappa shape index (κ2) is 9.50. The summed E-state index contributed by atoms with van der Waals surface area (Å²) in [6, 6.07) is 14.4. The number of anilines is 1. The molecule has 7 heteroatoms. The van der Waals surface area contributed by atoms with Gasteiger partial charge >= 0.3 is 0 Å². The fraction of sp³-hybridized carbons (Fsp3) is 0.300. The molecule has 2 aromatic rings. The van der Waals surface area contributed by atoms with Crippen LogP contribution in [0, 0.1) is 6.92 Å². The van der Waals surface area contributed by atoms with Crippen molar-refractivity contribution in [1.29, 1.82) is 0 Å². The highest BCUT2D eigenvalue weighted by atomic mass is 35.5. The lowest BCUT2D eigenvalue weighted by Crippen LogP contribution is -2.36. The van der Waals surface area contributed by atoms with Crippen molar-refractivity contribution < 1.29 is 14.7 Å². The predicted octanol–water partition coefficient (Wildman–Crippen LogP) is 2.01. The minimum Gasteiger partial charge on any atom is -0.392 e. The van der Waals surface area contributed by atoms with Crippen LogP contribution in [0.2, 0.25) is 0 Å². The summed E-state index contributed by atoms with van der Waals surface area (Å²) in [7, 11) is 0. The molecule has 2 amide bonds. The van der Waals surface area contributed by atoms with Crippen molar-refractivity contribution in [2.45, 2.75) is 32.0 Å². The maximum absolute atomic E-state index is 12.6. The second-order valence-corrected chi connectivity index (χ2v) is 6.56. The summed E-state index contributed by atoms with van der Waals surface area (Å²) in [6.45, 7) is 2.82. The average molecular weight is 390 g/mol. The number of benzene rings is 2. The number of aliphatic hydroxyl groups excluding tert-OH is 1. The van der Waals surface area contributed by atoms with Crippen LogP contribution in [0.3, 0.4) is 0 Å². The predicted molar refractivity (Wildman–Crippen MR) is 107 cm³/mol. The summed E-state index contributed by atoms with van der Waals surface area (Å²) >= 11 is 0. The first-order valence-electron chi connectivity index (χ1n) is 8.68. The standard InChI is InChI=1S/C20H23N3O3.ClH/c1-13-5-4-6-14(9-13)11-22-19(25)16-7-2-3-8-17(16)23-20(26)18-10-15(24)12-21-18;/h2-9,15,18,21,24H,10-12H2,1H3,(H,22,25)(H,23,26);1H/t15-,18-;/m1./s1. The van der Waals surface area contributed by atoms with E-state index in [1.54, 1.807) is 24.3 Å². The molecule has 2 atom stereocenters. The number of halogens is 1. The van der Waals surface area contributed by atoms with E-state index < -0.39 is 12.1 Å². The van der Waals surface area contributed by atoms with E-state index >= 15 is 0 Å². The van der Waals surface area contributed by atoms with Gasteiger partial charge in [0.25, 0.3) is 5.91 Å². The first kappa shape index (κ1) is 20.9. The van der Waals surface area contributed by atoms with Crippen molar-refractivity contribution in [3.63, 3.8) is 0 Å². The fourth-order valence-corrected chi connectivity index (χ4v) is 3.03. The van der Waals surface area contributed by atoms with Gasteiger partial charge in [0, 0.05) is 13.1 Å². The molecule has 1 aliphatic rings. The second-order valence-electron chi connectivity index (χ2n) is 6.56. The van der Waals surface area contributed by atoms with Gasteiger partial charge in [-0.3, -0.25) is 9.59 Å². The van der Waals surface area contributed by atoms with Gasteiger partial charge in [-0.1, -0.05) is 42.0 Å². The first-order chi connectivity index (χ1) is 12.5. The Bertz CT molecular complexity index is 813. The molecule has 1 aliphatic heterocycles. The molecule has 2 aromatic carbocycles. The monoisotopic (exact) mass is 389 g/mol. The number of β-amino-alcohol motifs (C(OH)–C–C–N with tert-alkyl or cyclic N) is 1. The molecule has 0 aromatic heterocycles. The number of carbonyl (C=O) groups excluding carboxylic acids is 2. The lowest BCUT2D eigenvalue weighted by molar-refractivity contribution is -0.117. The van der Waals surface area contributed by atoms with Gasteiger partial charge in [-0.25, -0.2) is 0 Å². The number of para-hydroxylation sites is 1. The number of nitrogens with one attached hydrogen (secondary N) is 3. The van der Waals surface area contributed by atoms with Crippen molar-refractivity contribution in [1.82, 2.24) is 10.6 Å². The molecule has 0 aliphatic carbocycles. The van der Waals surface area contributed by atoms with Crippen molar-refractivity contribution in [2.75, 3.05) is 11.9 Å². The Morgan fingerprint density at radius 2 is 1.96 bits per heavy atom. The molecule has 0 spiro atoms. The zero-order chi connectivity index (χ0) is 18.5. The number of hydrogen-bond donors (Lipinski definition) is 4. The first-order valence-corrected chi connectivity index (χ1v) is 8.68. The van der Waals surface area contributed by atoms with Crippen molar-refractivity contribution >= 4 is 29.9 Å². The summed E-state index contributed by atoms with van der Waals surface area (Å²) in [5.41, 5.74) is 3.02. The topological polar surface area (TPSA) is 90.5 Å². The van der Waals surface area contributed by atoms with E-state index in [-0.39, 0.29) is 24.2 Å². The van der Waals surface area contributed by atoms with Crippen molar-refractivity contribution in [2.24, 2.45) is 0 Å². The van der Waals surface area contributed by atoms with Crippen molar-refractivity contribution in [3.8, 4) is 0 Å². The van der Waals surface area contributed by atoms with E-state index in [1.807, 2.05) is 31.2 Å². The SMILES string of the molecule is Cc1cccc(CNC(=O)c2ccccc2NC(=O)[C@H]2C[C@@H](O)CN2)c1.Cl. The molecule has 144 valence electrons. The summed E-state index contributed by atoms with van der Waals surface area (Å²) in [5.74, 6) is -0.498. The third-order valence-electron chi connectivity index (χ3n) is 4.39. The summed E-state index contributed by atoms with van der Waals surface area (Å²) < 4.78 is 0. The quantitative estimate of drug-likeness (QED) is 0.629. The maximum atomic E-state index is 12.6.